The maximum Gasteiger partial charge on any atom is 0.243 e. The molecule has 0 aromatic heterocycles. The predicted octanol–water partition coefficient (Wildman–Crippen LogP) is 2.72. The summed E-state index contributed by atoms with van der Waals surface area (Å²) in [6, 6.07) is 14.4. The standard InChI is InChI=1S/C21H26N2O4S/c1-16-3-9-20(10-4-16)28(25,26)23-13-11-18(12-14-23)21(24)22-15-17-5-7-19(27-2)8-6-17/h3-10,18H,11-15H2,1-2H3,(H,22,24). The Labute approximate surface area is 166 Å². The number of methoxy groups -OCH3 is 1. The molecule has 7 heteroatoms. The Morgan fingerprint density at radius 2 is 1.68 bits per heavy atom. The average molecular weight is 403 g/mol. The highest BCUT2D eigenvalue weighted by atomic mass is 32.2. The van der Waals surface area contributed by atoms with Gasteiger partial charge in [-0.05, 0) is 49.6 Å². The maximum absolute atomic E-state index is 12.8. The van der Waals surface area contributed by atoms with E-state index in [1.54, 1.807) is 31.4 Å². The second-order valence-electron chi connectivity index (χ2n) is 7.06. The Kier molecular flexibility index (Phi) is 6.36. The van der Waals surface area contributed by atoms with E-state index in [0.717, 1.165) is 16.9 Å². The lowest BCUT2D eigenvalue weighted by Gasteiger charge is -2.30. The van der Waals surface area contributed by atoms with Crippen LogP contribution in [0.5, 0.6) is 5.75 Å². The summed E-state index contributed by atoms with van der Waals surface area (Å²) in [5, 5.41) is 2.95. The molecule has 1 heterocycles. The zero-order valence-electron chi connectivity index (χ0n) is 16.2. The minimum absolute atomic E-state index is 0.0248. The van der Waals surface area contributed by atoms with Crippen molar-refractivity contribution in [3.8, 4) is 5.75 Å². The van der Waals surface area contributed by atoms with Crippen LogP contribution in [-0.4, -0.2) is 38.8 Å². The molecule has 0 radical (unpaired) electrons. The van der Waals surface area contributed by atoms with Crippen LogP contribution in [0.2, 0.25) is 0 Å². The van der Waals surface area contributed by atoms with Crippen molar-refractivity contribution in [3.63, 3.8) is 0 Å². The van der Waals surface area contributed by atoms with Crippen molar-refractivity contribution < 1.29 is 17.9 Å². The lowest BCUT2D eigenvalue weighted by atomic mass is 9.97. The highest BCUT2D eigenvalue weighted by Gasteiger charge is 2.31. The molecule has 0 atom stereocenters. The van der Waals surface area contributed by atoms with Gasteiger partial charge in [0.1, 0.15) is 5.75 Å². The molecule has 6 nitrogen and oxygen atoms in total. The number of sulfonamides is 1. The van der Waals surface area contributed by atoms with Crippen molar-refractivity contribution in [1.82, 2.24) is 9.62 Å². The Bertz CT molecular complexity index is 900. The number of hydrogen-bond donors (Lipinski definition) is 1. The highest BCUT2D eigenvalue weighted by molar-refractivity contribution is 7.89. The van der Waals surface area contributed by atoms with Crippen LogP contribution in [0.25, 0.3) is 0 Å². The molecule has 28 heavy (non-hydrogen) atoms. The molecule has 0 spiro atoms. The van der Waals surface area contributed by atoms with Crippen LogP contribution in [0, 0.1) is 12.8 Å². The molecule has 0 unspecified atom stereocenters. The van der Waals surface area contributed by atoms with E-state index in [9.17, 15) is 13.2 Å². The van der Waals surface area contributed by atoms with E-state index >= 15 is 0 Å². The van der Waals surface area contributed by atoms with Crippen LogP contribution < -0.4 is 10.1 Å². The molecule has 2 aromatic carbocycles. The van der Waals surface area contributed by atoms with Crippen molar-refractivity contribution >= 4 is 15.9 Å². The van der Waals surface area contributed by atoms with Crippen LogP contribution in [-0.2, 0) is 21.4 Å². The van der Waals surface area contributed by atoms with Gasteiger partial charge in [-0.2, -0.15) is 4.31 Å². The number of benzene rings is 2. The molecular formula is C21H26N2O4S. The summed E-state index contributed by atoms with van der Waals surface area (Å²) in [6.07, 6.45) is 1.05. The number of nitrogens with one attached hydrogen (secondary N) is 1. The lowest BCUT2D eigenvalue weighted by Crippen LogP contribution is -2.42. The first-order chi connectivity index (χ1) is 13.4. The van der Waals surface area contributed by atoms with E-state index in [0.29, 0.717) is 37.4 Å². The molecule has 3 rings (SSSR count). The van der Waals surface area contributed by atoms with Gasteiger partial charge in [-0.1, -0.05) is 29.8 Å². The molecule has 1 amide bonds. The zero-order valence-corrected chi connectivity index (χ0v) is 17.0. The van der Waals surface area contributed by atoms with Gasteiger partial charge in [-0.15, -0.1) is 0 Å². The number of nitrogens with zero attached hydrogens (tertiary/aromatic N) is 1. The largest absolute Gasteiger partial charge is 0.497 e. The number of carbonyl (C=O) groups excluding carboxylic acids is 1. The number of ether oxygens (including phenoxy) is 1. The van der Waals surface area contributed by atoms with Gasteiger partial charge < -0.3 is 10.1 Å². The first kappa shape index (κ1) is 20.4. The number of piperidine rings is 1. The number of aryl methyl sites for hydroxylation is 1. The lowest BCUT2D eigenvalue weighted by molar-refractivity contribution is -0.126. The molecule has 150 valence electrons. The van der Waals surface area contributed by atoms with E-state index in [-0.39, 0.29) is 11.8 Å². The van der Waals surface area contributed by atoms with Crippen molar-refractivity contribution in [2.24, 2.45) is 5.92 Å². The molecular weight excluding hydrogens is 376 g/mol. The number of rotatable bonds is 6. The minimum Gasteiger partial charge on any atom is -0.497 e. The minimum atomic E-state index is -3.50. The number of hydrogen-bond acceptors (Lipinski definition) is 4. The fourth-order valence-electron chi connectivity index (χ4n) is 3.29. The van der Waals surface area contributed by atoms with Crippen LogP contribution in [0.15, 0.2) is 53.4 Å². The third-order valence-electron chi connectivity index (χ3n) is 5.11. The normalized spacial score (nSPS) is 15.9. The van der Waals surface area contributed by atoms with Crippen molar-refractivity contribution in [1.29, 1.82) is 0 Å². The molecule has 0 aliphatic carbocycles. The third-order valence-corrected chi connectivity index (χ3v) is 7.02. The Morgan fingerprint density at radius 3 is 2.25 bits per heavy atom. The third kappa shape index (κ3) is 4.72. The molecule has 1 saturated heterocycles. The first-order valence-electron chi connectivity index (χ1n) is 9.37. The molecule has 1 aliphatic rings. The van der Waals surface area contributed by atoms with Crippen molar-refractivity contribution in [3.05, 3.63) is 59.7 Å². The Morgan fingerprint density at radius 1 is 1.07 bits per heavy atom. The van der Waals surface area contributed by atoms with E-state index in [1.165, 1.54) is 4.31 Å². The summed E-state index contributed by atoms with van der Waals surface area (Å²) in [4.78, 5) is 12.8. The summed E-state index contributed by atoms with van der Waals surface area (Å²) in [5.41, 5.74) is 2.01. The van der Waals surface area contributed by atoms with E-state index in [2.05, 4.69) is 5.32 Å². The second-order valence-corrected chi connectivity index (χ2v) is 9.00. The van der Waals surface area contributed by atoms with Crippen LogP contribution in [0.1, 0.15) is 24.0 Å². The van der Waals surface area contributed by atoms with Crippen LogP contribution in [0.4, 0.5) is 0 Å². The topological polar surface area (TPSA) is 75.7 Å². The highest BCUT2D eigenvalue weighted by Crippen LogP contribution is 2.24. The van der Waals surface area contributed by atoms with E-state index < -0.39 is 10.0 Å². The molecule has 1 N–H and O–H groups in total. The van der Waals surface area contributed by atoms with Crippen molar-refractivity contribution in [2.45, 2.75) is 31.2 Å². The van der Waals surface area contributed by atoms with Gasteiger partial charge in [0.15, 0.2) is 0 Å². The van der Waals surface area contributed by atoms with Gasteiger partial charge in [0.05, 0.1) is 12.0 Å². The summed E-state index contributed by atoms with van der Waals surface area (Å²) < 4.78 is 32.1. The zero-order chi connectivity index (χ0) is 20.1. The van der Waals surface area contributed by atoms with Crippen LogP contribution in [0.3, 0.4) is 0 Å². The number of amides is 1. The van der Waals surface area contributed by atoms with Gasteiger partial charge in [-0.25, -0.2) is 8.42 Å². The van der Waals surface area contributed by atoms with Gasteiger partial charge in [0.25, 0.3) is 0 Å². The molecule has 1 aliphatic heterocycles. The molecule has 1 fully saturated rings. The smallest absolute Gasteiger partial charge is 0.243 e. The summed E-state index contributed by atoms with van der Waals surface area (Å²) >= 11 is 0. The molecule has 0 bridgehead atoms. The van der Waals surface area contributed by atoms with E-state index in [1.807, 2.05) is 31.2 Å². The Hall–Kier alpha value is -2.38. The average Bonchev–Trinajstić information content (AvgIpc) is 2.73. The molecule has 0 saturated carbocycles. The summed E-state index contributed by atoms with van der Waals surface area (Å²) in [5.74, 6) is 0.586. The SMILES string of the molecule is COc1ccc(CNC(=O)C2CCN(S(=O)(=O)c3ccc(C)cc3)CC2)cc1. The van der Waals surface area contributed by atoms with Gasteiger partial charge in [0.2, 0.25) is 15.9 Å². The summed E-state index contributed by atoms with van der Waals surface area (Å²) in [7, 11) is -1.89. The number of carbonyl (C=O) groups is 1. The fraction of sp³-hybridized carbons (Fsp3) is 0.381. The van der Waals surface area contributed by atoms with Gasteiger partial charge in [0, 0.05) is 25.6 Å². The van der Waals surface area contributed by atoms with Gasteiger partial charge >= 0.3 is 0 Å². The van der Waals surface area contributed by atoms with Crippen molar-refractivity contribution in [2.75, 3.05) is 20.2 Å². The Balaban J connectivity index is 1.52. The second kappa shape index (κ2) is 8.75. The monoisotopic (exact) mass is 402 g/mol. The fourth-order valence-corrected chi connectivity index (χ4v) is 4.76. The predicted molar refractivity (Wildman–Crippen MR) is 108 cm³/mol. The quantitative estimate of drug-likeness (QED) is 0.806. The summed E-state index contributed by atoms with van der Waals surface area (Å²) in [6.45, 7) is 3.09. The van der Waals surface area contributed by atoms with Crippen LogP contribution >= 0.6 is 0 Å². The maximum atomic E-state index is 12.8. The van der Waals surface area contributed by atoms with Gasteiger partial charge in [-0.3, -0.25) is 4.79 Å². The van der Waals surface area contributed by atoms with E-state index in [4.69, 9.17) is 4.74 Å². The molecule has 2 aromatic rings. The first-order valence-corrected chi connectivity index (χ1v) is 10.8.